The molecule has 0 saturated carbocycles. The first-order valence-electron chi connectivity index (χ1n) is 3.90. The maximum Gasteiger partial charge on any atom is 0.209 e. The lowest BCUT2D eigenvalue weighted by atomic mass is 10.0. The highest BCUT2D eigenvalue weighted by molar-refractivity contribution is 6.49. The smallest absolute Gasteiger partial charge is 0.209 e. The van der Waals surface area contributed by atoms with Gasteiger partial charge in [0.15, 0.2) is 0 Å². The number of nitrogens with zero attached hydrogens (tertiary/aromatic N) is 1. The lowest BCUT2D eigenvalue weighted by Gasteiger charge is -1.98. The van der Waals surface area contributed by atoms with Crippen molar-refractivity contribution < 1.29 is 4.79 Å². The van der Waals surface area contributed by atoms with Crippen LogP contribution in [0.2, 0.25) is 0 Å². The summed E-state index contributed by atoms with van der Waals surface area (Å²) in [5, 5.41) is 0. The van der Waals surface area contributed by atoms with Crippen LogP contribution >= 0.6 is 0 Å². The van der Waals surface area contributed by atoms with Crippen LogP contribution < -0.4 is 0 Å². The van der Waals surface area contributed by atoms with Gasteiger partial charge in [0.2, 0.25) is 5.78 Å². The topological polar surface area (TPSA) is 29.4 Å². The summed E-state index contributed by atoms with van der Waals surface area (Å²) < 4.78 is 0. The molecule has 0 saturated heterocycles. The summed E-state index contributed by atoms with van der Waals surface area (Å²) in [6.07, 6.45) is 0. The SMILES string of the molecule is CC1=Nc2cccc(C)c2C1=O. The van der Waals surface area contributed by atoms with Crippen molar-refractivity contribution in [3.05, 3.63) is 29.3 Å². The van der Waals surface area contributed by atoms with Gasteiger partial charge in [-0.05, 0) is 25.5 Å². The summed E-state index contributed by atoms with van der Waals surface area (Å²) in [5.74, 6) is 0.0723. The third-order valence-corrected chi connectivity index (χ3v) is 2.09. The van der Waals surface area contributed by atoms with Gasteiger partial charge >= 0.3 is 0 Å². The van der Waals surface area contributed by atoms with E-state index in [-0.39, 0.29) is 5.78 Å². The molecule has 1 aromatic rings. The van der Waals surface area contributed by atoms with Crippen LogP contribution in [0.3, 0.4) is 0 Å². The zero-order chi connectivity index (χ0) is 8.72. The Kier molecular flexibility index (Phi) is 1.37. The molecule has 0 radical (unpaired) electrons. The molecule has 2 heteroatoms. The van der Waals surface area contributed by atoms with E-state index in [0.29, 0.717) is 5.71 Å². The van der Waals surface area contributed by atoms with Crippen molar-refractivity contribution in [2.24, 2.45) is 4.99 Å². The van der Waals surface area contributed by atoms with E-state index in [1.54, 1.807) is 6.92 Å². The normalized spacial score (nSPS) is 14.5. The number of Topliss-reactive ketones (excluding diaryl/α,β-unsaturated/α-hetero) is 1. The van der Waals surface area contributed by atoms with Crippen LogP contribution in [0.15, 0.2) is 23.2 Å². The minimum atomic E-state index is 0.0723. The number of benzene rings is 1. The monoisotopic (exact) mass is 159 g/mol. The Morgan fingerprint density at radius 2 is 2.00 bits per heavy atom. The maximum atomic E-state index is 11.5. The third-order valence-electron chi connectivity index (χ3n) is 2.09. The zero-order valence-corrected chi connectivity index (χ0v) is 7.09. The third kappa shape index (κ3) is 0.811. The van der Waals surface area contributed by atoms with Gasteiger partial charge in [-0.15, -0.1) is 0 Å². The molecule has 2 nitrogen and oxygen atoms in total. The second-order valence-electron chi connectivity index (χ2n) is 3.00. The number of hydrogen-bond acceptors (Lipinski definition) is 2. The van der Waals surface area contributed by atoms with E-state index >= 15 is 0 Å². The minimum Gasteiger partial charge on any atom is -0.287 e. The van der Waals surface area contributed by atoms with E-state index in [4.69, 9.17) is 0 Å². The fraction of sp³-hybridized carbons (Fsp3) is 0.200. The quantitative estimate of drug-likeness (QED) is 0.571. The number of aliphatic imine (C=N–C) groups is 1. The van der Waals surface area contributed by atoms with Gasteiger partial charge in [-0.1, -0.05) is 12.1 Å². The molecular weight excluding hydrogens is 150 g/mol. The summed E-state index contributed by atoms with van der Waals surface area (Å²) in [6.45, 7) is 3.69. The van der Waals surface area contributed by atoms with Crippen LogP contribution in [0.1, 0.15) is 22.8 Å². The Hall–Kier alpha value is -1.44. The Labute approximate surface area is 70.9 Å². The molecular formula is C10H9NO. The number of carbonyl (C=O) groups is 1. The molecule has 1 heterocycles. The van der Waals surface area contributed by atoms with Gasteiger partial charge in [0.25, 0.3) is 0 Å². The van der Waals surface area contributed by atoms with E-state index in [0.717, 1.165) is 16.8 Å². The number of hydrogen-bond donors (Lipinski definition) is 0. The highest BCUT2D eigenvalue weighted by Crippen LogP contribution is 2.28. The van der Waals surface area contributed by atoms with Gasteiger partial charge in [-0.2, -0.15) is 0 Å². The first-order chi connectivity index (χ1) is 5.70. The number of rotatable bonds is 0. The van der Waals surface area contributed by atoms with Crippen LogP contribution in [-0.4, -0.2) is 11.5 Å². The van der Waals surface area contributed by atoms with Crippen molar-refractivity contribution in [1.82, 2.24) is 0 Å². The Morgan fingerprint density at radius 1 is 1.25 bits per heavy atom. The molecule has 12 heavy (non-hydrogen) atoms. The van der Waals surface area contributed by atoms with Gasteiger partial charge in [0.05, 0.1) is 17.0 Å². The predicted octanol–water partition coefficient (Wildman–Crippen LogP) is 2.28. The lowest BCUT2D eigenvalue weighted by Crippen LogP contribution is -2.05. The Morgan fingerprint density at radius 3 is 2.67 bits per heavy atom. The van der Waals surface area contributed by atoms with Crippen LogP contribution in [-0.2, 0) is 0 Å². The van der Waals surface area contributed by atoms with Crippen LogP contribution in [0.4, 0.5) is 5.69 Å². The minimum absolute atomic E-state index is 0.0723. The Bertz CT molecular complexity index is 391. The van der Waals surface area contributed by atoms with Gasteiger partial charge in [0, 0.05) is 0 Å². The summed E-state index contributed by atoms with van der Waals surface area (Å²) in [6, 6.07) is 5.73. The largest absolute Gasteiger partial charge is 0.287 e. The predicted molar refractivity (Wildman–Crippen MR) is 48.3 cm³/mol. The van der Waals surface area contributed by atoms with Gasteiger partial charge in [0.1, 0.15) is 0 Å². The van der Waals surface area contributed by atoms with Crippen molar-refractivity contribution in [2.75, 3.05) is 0 Å². The van der Waals surface area contributed by atoms with Crippen molar-refractivity contribution >= 4 is 17.2 Å². The highest BCUT2D eigenvalue weighted by atomic mass is 16.1. The summed E-state index contributed by atoms with van der Waals surface area (Å²) in [5.41, 5.74) is 3.20. The molecule has 1 aromatic carbocycles. The molecule has 0 unspecified atom stereocenters. The van der Waals surface area contributed by atoms with E-state index in [2.05, 4.69) is 4.99 Å². The molecule has 0 bridgehead atoms. The fourth-order valence-corrected chi connectivity index (χ4v) is 1.45. The lowest BCUT2D eigenvalue weighted by molar-refractivity contribution is 0.106. The van der Waals surface area contributed by atoms with Crippen molar-refractivity contribution in [2.45, 2.75) is 13.8 Å². The average Bonchev–Trinajstić information content (AvgIpc) is 2.29. The van der Waals surface area contributed by atoms with Gasteiger partial charge in [-0.3, -0.25) is 4.79 Å². The molecule has 0 amide bonds. The molecule has 1 aliphatic rings. The number of aryl methyl sites for hydroxylation is 1. The second kappa shape index (κ2) is 2.27. The molecule has 2 rings (SSSR count). The molecule has 0 spiro atoms. The van der Waals surface area contributed by atoms with Crippen LogP contribution in [0.25, 0.3) is 0 Å². The molecule has 0 N–H and O–H groups in total. The summed E-state index contributed by atoms with van der Waals surface area (Å²) in [4.78, 5) is 15.6. The van der Waals surface area contributed by atoms with E-state index in [9.17, 15) is 4.79 Å². The van der Waals surface area contributed by atoms with Crippen molar-refractivity contribution in [1.29, 1.82) is 0 Å². The first-order valence-corrected chi connectivity index (χ1v) is 3.90. The Balaban J connectivity index is 2.72. The molecule has 1 aliphatic heterocycles. The molecule has 0 aliphatic carbocycles. The average molecular weight is 159 g/mol. The standard InChI is InChI=1S/C10H9NO/c1-6-4-3-5-8-9(6)10(12)7(2)11-8/h3-5H,1-2H3. The molecule has 0 aromatic heterocycles. The summed E-state index contributed by atoms with van der Waals surface area (Å²) in [7, 11) is 0. The van der Waals surface area contributed by atoms with Crippen molar-refractivity contribution in [3.63, 3.8) is 0 Å². The van der Waals surface area contributed by atoms with Crippen LogP contribution in [0, 0.1) is 6.92 Å². The fourth-order valence-electron chi connectivity index (χ4n) is 1.45. The molecule has 60 valence electrons. The molecule has 0 fully saturated rings. The number of carbonyl (C=O) groups excluding carboxylic acids is 1. The zero-order valence-electron chi connectivity index (χ0n) is 7.09. The van der Waals surface area contributed by atoms with E-state index in [1.165, 1.54) is 0 Å². The highest BCUT2D eigenvalue weighted by Gasteiger charge is 2.22. The second-order valence-corrected chi connectivity index (χ2v) is 3.00. The maximum absolute atomic E-state index is 11.5. The van der Waals surface area contributed by atoms with Gasteiger partial charge < -0.3 is 0 Å². The summed E-state index contributed by atoms with van der Waals surface area (Å²) >= 11 is 0. The van der Waals surface area contributed by atoms with Crippen molar-refractivity contribution in [3.8, 4) is 0 Å². The first kappa shape index (κ1) is 7.22. The number of fused-ring (bicyclic) bond motifs is 1. The number of ketones is 1. The van der Waals surface area contributed by atoms with E-state index in [1.807, 2.05) is 25.1 Å². The van der Waals surface area contributed by atoms with E-state index < -0.39 is 0 Å². The van der Waals surface area contributed by atoms with Gasteiger partial charge in [-0.25, -0.2) is 4.99 Å². The van der Waals surface area contributed by atoms with Crippen LogP contribution in [0.5, 0.6) is 0 Å². The molecule has 0 atom stereocenters.